The number of thioether (sulfide) groups is 1. The van der Waals surface area contributed by atoms with Crippen LogP contribution in [-0.4, -0.2) is 21.9 Å². The molecule has 0 bridgehead atoms. The topological polar surface area (TPSA) is 68.0 Å². The molecule has 0 aliphatic carbocycles. The minimum Gasteiger partial charge on any atom is -0.416 e. The number of nitrogens with one attached hydrogen (secondary N) is 1. The average molecular weight is 422 g/mol. The predicted octanol–water partition coefficient (Wildman–Crippen LogP) is 5.79. The lowest BCUT2D eigenvalue weighted by atomic mass is 10.2. The molecule has 0 saturated heterocycles. The van der Waals surface area contributed by atoms with Crippen LogP contribution in [0.4, 0.5) is 5.69 Å². The Kier molecular flexibility index (Phi) is 5.93. The van der Waals surface area contributed by atoms with Crippen molar-refractivity contribution in [2.24, 2.45) is 0 Å². The molecule has 29 heavy (non-hydrogen) atoms. The third kappa shape index (κ3) is 5.04. The summed E-state index contributed by atoms with van der Waals surface area (Å²) in [7, 11) is 0. The van der Waals surface area contributed by atoms with E-state index in [0.717, 1.165) is 16.0 Å². The highest BCUT2D eigenvalue weighted by molar-refractivity contribution is 8.00. The van der Waals surface area contributed by atoms with E-state index in [1.54, 1.807) is 12.1 Å². The van der Waals surface area contributed by atoms with Crippen molar-refractivity contribution < 1.29 is 9.21 Å². The number of carbonyl (C=O) groups is 1. The molecular formula is C22H16ClN3O2S. The molecule has 4 aromatic rings. The number of anilines is 1. The number of amides is 1. The van der Waals surface area contributed by atoms with Gasteiger partial charge in [0.1, 0.15) is 0 Å². The average Bonchev–Trinajstić information content (AvgIpc) is 3.25. The molecule has 0 aliphatic heterocycles. The Hall–Kier alpha value is -3.09. The maximum Gasteiger partial charge on any atom is 0.248 e. The summed E-state index contributed by atoms with van der Waals surface area (Å²) >= 11 is 7.32. The van der Waals surface area contributed by atoms with E-state index in [1.807, 2.05) is 66.7 Å². The molecule has 144 valence electrons. The Morgan fingerprint density at radius 1 is 0.897 bits per heavy atom. The number of rotatable bonds is 6. The lowest BCUT2D eigenvalue weighted by Crippen LogP contribution is -2.13. The first-order valence-electron chi connectivity index (χ1n) is 8.85. The van der Waals surface area contributed by atoms with Crippen molar-refractivity contribution in [3.63, 3.8) is 0 Å². The second-order valence-electron chi connectivity index (χ2n) is 6.15. The normalized spacial score (nSPS) is 10.7. The molecule has 1 amide bonds. The van der Waals surface area contributed by atoms with Crippen LogP contribution in [0.25, 0.3) is 22.9 Å². The molecule has 1 aromatic heterocycles. The third-order valence-corrected chi connectivity index (χ3v) is 5.29. The van der Waals surface area contributed by atoms with Gasteiger partial charge in [-0.05, 0) is 54.6 Å². The fourth-order valence-electron chi connectivity index (χ4n) is 2.64. The fraction of sp³-hybridized carbons (Fsp3) is 0.0455. The summed E-state index contributed by atoms with van der Waals surface area (Å²) in [6, 6.07) is 24.3. The van der Waals surface area contributed by atoms with Crippen LogP contribution in [0.15, 0.2) is 88.2 Å². The first-order valence-corrected chi connectivity index (χ1v) is 10.2. The van der Waals surface area contributed by atoms with E-state index in [9.17, 15) is 4.79 Å². The number of nitrogens with zero attached hydrogens (tertiary/aromatic N) is 2. The van der Waals surface area contributed by atoms with Crippen molar-refractivity contribution >= 4 is 35.0 Å². The summed E-state index contributed by atoms with van der Waals surface area (Å²) in [4.78, 5) is 13.3. The van der Waals surface area contributed by atoms with Crippen LogP contribution in [0.3, 0.4) is 0 Å². The molecule has 0 fully saturated rings. The van der Waals surface area contributed by atoms with Gasteiger partial charge in [0.15, 0.2) is 0 Å². The second kappa shape index (κ2) is 8.94. The van der Waals surface area contributed by atoms with Gasteiger partial charge < -0.3 is 9.73 Å². The smallest absolute Gasteiger partial charge is 0.248 e. The zero-order chi connectivity index (χ0) is 20.1. The van der Waals surface area contributed by atoms with Crippen molar-refractivity contribution in [3.8, 4) is 22.9 Å². The van der Waals surface area contributed by atoms with Crippen molar-refractivity contribution in [3.05, 3.63) is 83.9 Å². The Morgan fingerprint density at radius 2 is 1.59 bits per heavy atom. The molecule has 0 aliphatic rings. The van der Waals surface area contributed by atoms with Crippen LogP contribution >= 0.6 is 23.4 Å². The molecule has 0 radical (unpaired) electrons. The van der Waals surface area contributed by atoms with E-state index in [4.69, 9.17) is 16.0 Å². The van der Waals surface area contributed by atoms with E-state index in [1.165, 1.54) is 11.8 Å². The summed E-state index contributed by atoms with van der Waals surface area (Å²) in [6.07, 6.45) is 0. The van der Waals surface area contributed by atoms with Gasteiger partial charge in [-0.25, -0.2) is 0 Å². The number of carbonyl (C=O) groups excluding carboxylic acids is 1. The summed E-state index contributed by atoms with van der Waals surface area (Å²) in [6.45, 7) is 0. The first-order chi connectivity index (χ1) is 14.2. The van der Waals surface area contributed by atoms with E-state index >= 15 is 0 Å². The van der Waals surface area contributed by atoms with Crippen LogP contribution in [0.2, 0.25) is 5.02 Å². The van der Waals surface area contributed by atoms with Gasteiger partial charge in [0.2, 0.25) is 17.7 Å². The summed E-state index contributed by atoms with van der Waals surface area (Å²) in [5.41, 5.74) is 2.27. The summed E-state index contributed by atoms with van der Waals surface area (Å²) < 4.78 is 5.78. The van der Waals surface area contributed by atoms with Gasteiger partial charge in [-0.3, -0.25) is 4.79 Å². The molecule has 4 rings (SSSR count). The second-order valence-corrected chi connectivity index (χ2v) is 7.64. The molecule has 1 heterocycles. The quantitative estimate of drug-likeness (QED) is 0.399. The van der Waals surface area contributed by atoms with Crippen molar-refractivity contribution in [2.45, 2.75) is 4.90 Å². The highest BCUT2D eigenvalue weighted by Gasteiger charge is 2.11. The maximum atomic E-state index is 12.3. The molecule has 0 atom stereocenters. The fourth-order valence-corrected chi connectivity index (χ4v) is 3.47. The Morgan fingerprint density at radius 3 is 2.34 bits per heavy atom. The van der Waals surface area contributed by atoms with Crippen molar-refractivity contribution in [1.29, 1.82) is 0 Å². The highest BCUT2D eigenvalue weighted by atomic mass is 35.5. The molecule has 5 nitrogen and oxygen atoms in total. The Balaban J connectivity index is 1.41. The molecule has 3 aromatic carbocycles. The number of hydrogen-bond acceptors (Lipinski definition) is 5. The largest absolute Gasteiger partial charge is 0.416 e. The molecule has 7 heteroatoms. The highest BCUT2D eigenvalue weighted by Crippen LogP contribution is 2.26. The minimum absolute atomic E-state index is 0.0994. The maximum absolute atomic E-state index is 12.3. The van der Waals surface area contributed by atoms with E-state index < -0.39 is 0 Å². The first kappa shape index (κ1) is 19.2. The van der Waals surface area contributed by atoms with Gasteiger partial charge in [0.25, 0.3) is 0 Å². The van der Waals surface area contributed by atoms with E-state index in [2.05, 4.69) is 15.5 Å². The minimum atomic E-state index is -0.0994. The molecule has 0 spiro atoms. The van der Waals surface area contributed by atoms with Gasteiger partial charge in [-0.2, -0.15) is 0 Å². The molecular weight excluding hydrogens is 406 g/mol. The predicted molar refractivity (Wildman–Crippen MR) is 116 cm³/mol. The van der Waals surface area contributed by atoms with Gasteiger partial charge >= 0.3 is 0 Å². The number of hydrogen-bond donors (Lipinski definition) is 1. The molecule has 0 saturated carbocycles. The van der Waals surface area contributed by atoms with Gasteiger partial charge in [-0.15, -0.1) is 22.0 Å². The van der Waals surface area contributed by atoms with Crippen LogP contribution in [-0.2, 0) is 4.79 Å². The van der Waals surface area contributed by atoms with Gasteiger partial charge in [-0.1, -0.05) is 35.9 Å². The van der Waals surface area contributed by atoms with Gasteiger partial charge in [0.05, 0.1) is 5.75 Å². The number of aromatic nitrogens is 2. The van der Waals surface area contributed by atoms with Crippen LogP contribution in [0, 0.1) is 0 Å². The van der Waals surface area contributed by atoms with Crippen molar-refractivity contribution in [1.82, 2.24) is 10.2 Å². The zero-order valence-corrected chi connectivity index (χ0v) is 16.8. The summed E-state index contributed by atoms with van der Waals surface area (Å²) in [5.74, 6) is 1.05. The van der Waals surface area contributed by atoms with Crippen LogP contribution < -0.4 is 5.32 Å². The van der Waals surface area contributed by atoms with E-state index in [-0.39, 0.29) is 5.91 Å². The Labute approximate surface area is 177 Å². The zero-order valence-electron chi connectivity index (χ0n) is 15.2. The monoisotopic (exact) mass is 421 g/mol. The van der Waals surface area contributed by atoms with Crippen molar-refractivity contribution in [2.75, 3.05) is 11.1 Å². The number of benzene rings is 3. The summed E-state index contributed by atoms with van der Waals surface area (Å²) in [5, 5.41) is 11.8. The lowest BCUT2D eigenvalue weighted by Gasteiger charge is -2.06. The third-order valence-electron chi connectivity index (χ3n) is 4.02. The van der Waals surface area contributed by atoms with Gasteiger partial charge in [0, 0.05) is 26.7 Å². The molecule has 1 N–H and O–H groups in total. The molecule has 0 unspecified atom stereocenters. The standard InChI is InChI=1S/C22H16ClN3O2S/c23-17-9-11-19(12-10-17)29-14-20(27)24-18-8-4-7-16(13-18)22-26-25-21(28-22)15-5-2-1-3-6-15/h1-13H,14H2,(H,24,27). The number of halogens is 1. The Bertz CT molecular complexity index is 1110. The van der Waals surface area contributed by atoms with Crippen LogP contribution in [0.1, 0.15) is 0 Å². The SMILES string of the molecule is O=C(CSc1ccc(Cl)cc1)Nc1cccc(-c2nnc(-c3ccccc3)o2)c1. The van der Waals surface area contributed by atoms with Crippen LogP contribution in [0.5, 0.6) is 0 Å². The lowest BCUT2D eigenvalue weighted by molar-refractivity contribution is -0.113. The van der Waals surface area contributed by atoms with E-state index in [0.29, 0.717) is 28.2 Å².